The van der Waals surface area contributed by atoms with Crippen LogP contribution in [-0.2, 0) is 14.4 Å². The van der Waals surface area contributed by atoms with Gasteiger partial charge in [-0.2, -0.15) is 0 Å². The zero-order chi connectivity index (χ0) is 29.7. The standard InChI is InChI=1S/C35H67NO4/c1-3-5-7-9-11-13-15-17-19-21-23-25-27-29-31(34(36)38)33(37)32(35(39)40)30-28-26-24-22-20-18-16-14-12-10-8-6-4-2/h31-32H,3-30H2,1-2H3,(H2,36,38)(H,39,40). The molecule has 0 rings (SSSR count). The monoisotopic (exact) mass is 566 g/mol. The van der Waals surface area contributed by atoms with Crippen LogP contribution < -0.4 is 5.73 Å². The lowest BCUT2D eigenvalue weighted by atomic mass is 9.85. The number of rotatable bonds is 32. The molecule has 0 aromatic rings. The van der Waals surface area contributed by atoms with Gasteiger partial charge in [0.15, 0.2) is 5.78 Å². The van der Waals surface area contributed by atoms with Crippen LogP contribution in [0.15, 0.2) is 0 Å². The maximum Gasteiger partial charge on any atom is 0.314 e. The molecule has 0 aromatic carbocycles. The Balaban J connectivity index is 3.99. The van der Waals surface area contributed by atoms with Crippen molar-refractivity contribution in [1.29, 1.82) is 0 Å². The molecule has 0 saturated carbocycles. The van der Waals surface area contributed by atoms with Gasteiger partial charge in [-0.15, -0.1) is 0 Å². The van der Waals surface area contributed by atoms with E-state index in [9.17, 15) is 19.5 Å². The van der Waals surface area contributed by atoms with Gasteiger partial charge in [0, 0.05) is 0 Å². The van der Waals surface area contributed by atoms with E-state index in [4.69, 9.17) is 5.73 Å². The predicted molar refractivity (Wildman–Crippen MR) is 169 cm³/mol. The molecule has 0 fully saturated rings. The van der Waals surface area contributed by atoms with Crippen LogP contribution in [0.1, 0.15) is 194 Å². The molecule has 3 N–H and O–H groups in total. The lowest BCUT2D eigenvalue weighted by Gasteiger charge is -2.17. The molecular weight excluding hydrogens is 498 g/mol. The highest BCUT2D eigenvalue weighted by Crippen LogP contribution is 2.22. The number of amides is 1. The van der Waals surface area contributed by atoms with Gasteiger partial charge in [-0.05, 0) is 12.8 Å². The third-order valence-electron chi connectivity index (χ3n) is 8.52. The second-order valence-electron chi connectivity index (χ2n) is 12.3. The van der Waals surface area contributed by atoms with Gasteiger partial charge in [0.2, 0.25) is 5.91 Å². The number of nitrogens with two attached hydrogens (primary N) is 1. The first-order chi connectivity index (χ1) is 19.5. The minimum absolute atomic E-state index is 0.314. The number of carboxylic acid groups (broad SMARTS) is 1. The van der Waals surface area contributed by atoms with Crippen LogP contribution in [0.3, 0.4) is 0 Å². The highest BCUT2D eigenvalue weighted by molar-refractivity contribution is 6.08. The fourth-order valence-corrected chi connectivity index (χ4v) is 5.79. The minimum atomic E-state index is -1.11. The van der Waals surface area contributed by atoms with E-state index in [1.165, 1.54) is 128 Å². The van der Waals surface area contributed by atoms with Gasteiger partial charge in [-0.3, -0.25) is 14.4 Å². The Kier molecular flexibility index (Phi) is 28.1. The zero-order valence-corrected chi connectivity index (χ0v) is 26.7. The van der Waals surface area contributed by atoms with Crippen molar-refractivity contribution in [2.24, 2.45) is 17.6 Å². The molecule has 0 heterocycles. The molecule has 5 heteroatoms. The van der Waals surface area contributed by atoms with E-state index in [-0.39, 0.29) is 0 Å². The van der Waals surface area contributed by atoms with Crippen molar-refractivity contribution in [3.05, 3.63) is 0 Å². The maximum absolute atomic E-state index is 12.9. The summed E-state index contributed by atoms with van der Waals surface area (Å²) in [4.78, 5) is 36.8. The Morgan fingerprint density at radius 1 is 0.450 bits per heavy atom. The summed E-state index contributed by atoms with van der Waals surface area (Å²) in [5.41, 5.74) is 5.54. The number of hydrogen-bond donors (Lipinski definition) is 2. The number of carboxylic acids is 1. The molecule has 0 radical (unpaired) electrons. The summed E-state index contributed by atoms with van der Waals surface area (Å²) >= 11 is 0. The van der Waals surface area contributed by atoms with Crippen LogP contribution in [0.5, 0.6) is 0 Å². The number of hydrogen-bond acceptors (Lipinski definition) is 3. The van der Waals surface area contributed by atoms with Crippen molar-refractivity contribution in [1.82, 2.24) is 0 Å². The first-order valence-corrected chi connectivity index (χ1v) is 17.5. The number of aliphatic carboxylic acids is 1. The van der Waals surface area contributed by atoms with Gasteiger partial charge in [0.05, 0.1) is 5.92 Å². The van der Waals surface area contributed by atoms with Gasteiger partial charge >= 0.3 is 5.97 Å². The van der Waals surface area contributed by atoms with E-state index < -0.39 is 29.5 Å². The second-order valence-corrected chi connectivity index (χ2v) is 12.3. The highest BCUT2D eigenvalue weighted by atomic mass is 16.4. The maximum atomic E-state index is 12.9. The first kappa shape index (κ1) is 38.6. The molecule has 0 aliphatic rings. The number of ketones is 1. The molecule has 2 unspecified atom stereocenters. The van der Waals surface area contributed by atoms with Crippen molar-refractivity contribution in [3.63, 3.8) is 0 Å². The van der Waals surface area contributed by atoms with Gasteiger partial charge in [0.1, 0.15) is 5.92 Å². The molecule has 0 spiro atoms. The average Bonchev–Trinajstić information content (AvgIpc) is 2.92. The fraction of sp³-hybridized carbons (Fsp3) is 0.914. The Labute approximate surface area is 248 Å². The number of carbonyl (C=O) groups is 3. The summed E-state index contributed by atoms with van der Waals surface area (Å²) < 4.78 is 0. The van der Waals surface area contributed by atoms with Crippen molar-refractivity contribution in [2.45, 2.75) is 194 Å². The summed E-state index contributed by atoms with van der Waals surface area (Å²) in [6, 6.07) is 0. The highest BCUT2D eigenvalue weighted by Gasteiger charge is 2.34. The number of carbonyl (C=O) groups excluding carboxylic acids is 2. The van der Waals surface area contributed by atoms with E-state index in [0.717, 1.165) is 32.1 Å². The third-order valence-corrected chi connectivity index (χ3v) is 8.52. The van der Waals surface area contributed by atoms with Crippen molar-refractivity contribution in [3.8, 4) is 0 Å². The molecule has 0 aliphatic heterocycles. The van der Waals surface area contributed by atoms with Crippen LogP contribution in [0, 0.1) is 11.8 Å². The Hall–Kier alpha value is -1.39. The molecule has 0 aliphatic carbocycles. The van der Waals surface area contributed by atoms with Gasteiger partial charge in [0.25, 0.3) is 0 Å². The minimum Gasteiger partial charge on any atom is -0.481 e. The van der Waals surface area contributed by atoms with E-state index in [1.807, 2.05) is 0 Å². The smallest absolute Gasteiger partial charge is 0.314 e. The van der Waals surface area contributed by atoms with Crippen LogP contribution in [0.25, 0.3) is 0 Å². The summed E-state index contributed by atoms with van der Waals surface area (Å²) in [5.74, 6) is -4.32. The Morgan fingerprint density at radius 2 is 0.700 bits per heavy atom. The molecule has 2 atom stereocenters. The second kappa shape index (κ2) is 29.1. The van der Waals surface area contributed by atoms with E-state index in [1.54, 1.807) is 0 Å². The fourth-order valence-electron chi connectivity index (χ4n) is 5.79. The lowest BCUT2D eigenvalue weighted by Crippen LogP contribution is -2.37. The molecule has 5 nitrogen and oxygen atoms in total. The zero-order valence-electron chi connectivity index (χ0n) is 26.7. The van der Waals surface area contributed by atoms with Crippen molar-refractivity contribution in [2.75, 3.05) is 0 Å². The number of primary amides is 1. The quantitative estimate of drug-likeness (QED) is 0.0626. The van der Waals surface area contributed by atoms with Crippen LogP contribution in [0.2, 0.25) is 0 Å². The van der Waals surface area contributed by atoms with Gasteiger partial charge in [-0.25, -0.2) is 0 Å². The Bertz CT molecular complexity index is 556. The summed E-state index contributed by atoms with van der Waals surface area (Å²) in [6.07, 6.45) is 32.5. The van der Waals surface area contributed by atoms with Crippen molar-refractivity contribution < 1.29 is 19.5 Å². The topological polar surface area (TPSA) is 97.5 Å². The first-order valence-electron chi connectivity index (χ1n) is 17.5. The largest absolute Gasteiger partial charge is 0.481 e. The van der Waals surface area contributed by atoms with Crippen LogP contribution in [0.4, 0.5) is 0 Å². The lowest BCUT2D eigenvalue weighted by molar-refractivity contribution is -0.148. The summed E-state index contributed by atoms with van der Waals surface area (Å²) in [6.45, 7) is 4.50. The molecule has 0 aromatic heterocycles. The normalized spacial score (nSPS) is 12.8. The van der Waals surface area contributed by atoms with Crippen LogP contribution >= 0.6 is 0 Å². The number of unbranched alkanes of at least 4 members (excludes halogenated alkanes) is 24. The van der Waals surface area contributed by atoms with E-state index in [2.05, 4.69) is 13.8 Å². The van der Waals surface area contributed by atoms with Crippen LogP contribution in [-0.4, -0.2) is 22.8 Å². The van der Waals surface area contributed by atoms with Crippen molar-refractivity contribution >= 4 is 17.7 Å². The summed E-state index contributed by atoms with van der Waals surface area (Å²) in [5, 5.41) is 9.68. The molecule has 1 amide bonds. The SMILES string of the molecule is CCCCCCCCCCCCCCCC(C(N)=O)C(=O)C(CCCCCCCCCCCCCCC)C(=O)O. The summed E-state index contributed by atoms with van der Waals surface area (Å²) in [7, 11) is 0. The van der Waals surface area contributed by atoms with E-state index >= 15 is 0 Å². The van der Waals surface area contributed by atoms with E-state index in [0.29, 0.717) is 19.3 Å². The molecular formula is C35H67NO4. The molecule has 0 bridgehead atoms. The van der Waals surface area contributed by atoms with Gasteiger partial charge < -0.3 is 10.8 Å². The third kappa shape index (κ3) is 23.3. The average molecular weight is 566 g/mol. The molecule has 0 saturated heterocycles. The Morgan fingerprint density at radius 3 is 0.950 bits per heavy atom. The number of Topliss-reactive ketones (excluding diaryl/α,β-unsaturated/α-hetero) is 1. The predicted octanol–water partition coefficient (Wildman–Crippen LogP) is 10.3. The molecule has 40 heavy (non-hydrogen) atoms. The molecule has 236 valence electrons. The van der Waals surface area contributed by atoms with Gasteiger partial charge in [-0.1, -0.05) is 181 Å².